The number of carbonyl (C=O) groups excluding carboxylic acids is 1. The lowest BCUT2D eigenvalue weighted by Gasteiger charge is -2.19. The van der Waals surface area contributed by atoms with Gasteiger partial charge in [-0.25, -0.2) is 0 Å². The van der Waals surface area contributed by atoms with E-state index in [0.29, 0.717) is 31.7 Å². The Morgan fingerprint density at radius 1 is 1.13 bits per heavy atom. The molecule has 0 radical (unpaired) electrons. The Morgan fingerprint density at radius 2 is 1.90 bits per heavy atom. The van der Waals surface area contributed by atoms with Gasteiger partial charge in [-0.2, -0.15) is 0 Å². The molecule has 1 atom stereocenters. The molecule has 0 aliphatic rings. The van der Waals surface area contributed by atoms with Crippen molar-refractivity contribution in [3.05, 3.63) is 59.7 Å². The largest absolute Gasteiger partial charge is 0.504 e. The third-order valence-corrected chi connectivity index (χ3v) is 5.35. The Kier molecular flexibility index (Phi) is 10.9. The molecule has 168 valence electrons. The molecule has 0 aromatic heterocycles. The van der Waals surface area contributed by atoms with Gasteiger partial charge in [-0.15, -0.1) is 0 Å². The first-order valence-corrected chi connectivity index (χ1v) is 11.2. The van der Waals surface area contributed by atoms with Crippen LogP contribution in [0.15, 0.2) is 48.5 Å². The topological polar surface area (TPSA) is 67.8 Å². The molecule has 0 spiro atoms. The van der Waals surface area contributed by atoms with Crippen molar-refractivity contribution < 1.29 is 19.4 Å². The summed E-state index contributed by atoms with van der Waals surface area (Å²) >= 11 is 5.57. The smallest absolute Gasteiger partial charge is 0.305 e. The number of hydrogen-bond acceptors (Lipinski definition) is 5. The zero-order chi connectivity index (χ0) is 22.5. The van der Waals surface area contributed by atoms with Crippen LogP contribution >= 0.6 is 12.2 Å². The van der Waals surface area contributed by atoms with E-state index in [2.05, 4.69) is 24.4 Å². The molecule has 5 nitrogen and oxygen atoms in total. The molecule has 2 rings (SSSR count). The van der Waals surface area contributed by atoms with Gasteiger partial charge in [0.05, 0.1) is 18.7 Å². The summed E-state index contributed by atoms with van der Waals surface area (Å²) in [4.78, 5) is 12.8. The van der Waals surface area contributed by atoms with Crippen molar-refractivity contribution in [1.29, 1.82) is 0 Å². The second kappa shape index (κ2) is 13.7. The summed E-state index contributed by atoms with van der Waals surface area (Å²) in [6.07, 6.45) is 4.88. The maximum Gasteiger partial charge on any atom is 0.305 e. The fourth-order valence-electron chi connectivity index (χ4n) is 3.31. The molecular weight excluding hydrogens is 410 g/mol. The Bertz CT molecular complexity index is 826. The van der Waals surface area contributed by atoms with Crippen molar-refractivity contribution in [3.63, 3.8) is 0 Å². The maximum absolute atomic E-state index is 12.1. The summed E-state index contributed by atoms with van der Waals surface area (Å²) in [5, 5.41) is 13.0. The highest BCUT2D eigenvalue weighted by molar-refractivity contribution is 7.80. The van der Waals surface area contributed by atoms with E-state index in [9.17, 15) is 9.90 Å². The first kappa shape index (κ1) is 24.7. The van der Waals surface area contributed by atoms with Gasteiger partial charge in [0.2, 0.25) is 0 Å². The van der Waals surface area contributed by atoms with E-state index >= 15 is 0 Å². The number of phenolic OH excluding ortho intramolecular Hbond substituents is 1. The van der Waals surface area contributed by atoms with Gasteiger partial charge >= 0.3 is 5.97 Å². The lowest BCUT2D eigenvalue weighted by atomic mass is 9.96. The zero-order valence-electron chi connectivity index (χ0n) is 18.4. The van der Waals surface area contributed by atoms with Crippen LogP contribution in [-0.4, -0.2) is 29.8 Å². The first-order chi connectivity index (χ1) is 15.0. The Labute approximate surface area is 190 Å². The van der Waals surface area contributed by atoms with Crippen molar-refractivity contribution in [2.24, 2.45) is 5.92 Å². The predicted octanol–water partition coefficient (Wildman–Crippen LogP) is 5.19. The number of esters is 1. The summed E-state index contributed by atoms with van der Waals surface area (Å²) in [7, 11) is 1.52. The minimum absolute atomic E-state index is 0.104. The van der Waals surface area contributed by atoms with Crippen LogP contribution in [0.1, 0.15) is 50.2 Å². The van der Waals surface area contributed by atoms with Crippen LogP contribution in [0.2, 0.25) is 0 Å². The number of methoxy groups -OCH3 is 1. The van der Waals surface area contributed by atoms with E-state index < -0.39 is 0 Å². The minimum atomic E-state index is -0.137. The first-order valence-electron chi connectivity index (χ1n) is 10.8. The summed E-state index contributed by atoms with van der Waals surface area (Å²) < 4.78 is 10.7. The van der Waals surface area contributed by atoms with E-state index in [4.69, 9.17) is 21.7 Å². The van der Waals surface area contributed by atoms with Crippen LogP contribution in [0.3, 0.4) is 0 Å². The molecule has 0 saturated heterocycles. The molecule has 0 amide bonds. The highest BCUT2D eigenvalue weighted by Gasteiger charge is 2.16. The van der Waals surface area contributed by atoms with Gasteiger partial charge in [0, 0.05) is 25.3 Å². The van der Waals surface area contributed by atoms with Gasteiger partial charge in [0.25, 0.3) is 0 Å². The fourth-order valence-corrected chi connectivity index (χ4v) is 3.61. The molecule has 0 bridgehead atoms. The molecular formula is C25H33NO4S. The quantitative estimate of drug-likeness (QED) is 0.252. The average molecular weight is 444 g/mol. The van der Waals surface area contributed by atoms with Crippen LogP contribution in [0.5, 0.6) is 11.5 Å². The van der Waals surface area contributed by atoms with E-state index in [1.807, 2.05) is 24.3 Å². The van der Waals surface area contributed by atoms with Crippen LogP contribution in [0.25, 0.3) is 0 Å². The van der Waals surface area contributed by atoms with Gasteiger partial charge in [-0.1, -0.05) is 68.4 Å². The lowest BCUT2D eigenvalue weighted by Crippen LogP contribution is -2.27. The Morgan fingerprint density at radius 3 is 2.61 bits per heavy atom. The molecule has 2 aromatic rings. The number of aromatic hydroxyl groups is 1. The SMILES string of the molecule is CCCCCC(=O)OCC(CC(=S)NCc1ccc(O)c(OC)c1)Cc1ccccc1. The average Bonchev–Trinajstić information content (AvgIpc) is 2.78. The normalized spacial score (nSPS) is 11.5. The molecule has 31 heavy (non-hydrogen) atoms. The Balaban J connectivity index is 1.90. The third kappa shape index (κ3) is 9.39. The summed E-state index contributed by atoms with van der Waals surface area (Å²) in [6, 6.07) is 15.4. The second-order valence-corrected chi connectivity index (χ2v) is 8.18. The highest BCUT2D eigenvalue weighted by Crippen LogP contribution is 2.26. The highest BCUT2D eigenvalue weighted by atomic mass is 32.1. The van der Waals surface area contributed by atoms with Gasteiger partial charge in [0.15, 0.2) is 11.5 Å². The Hall–Kier alpha value is -2.60. The molecule has 2 N–H and O–H groups in total. The van der Waals surface area contributed by atoms with Gasteiger partial charge in [-0.05, 0) is 36.1 Å². The molecule has 1 unspecified atom stereocenters. The third-order valence-electron chi connectivity index (χ3n) is 5.04. The van der Waals surface area contributed by atoms with Crippen LogP contribution < -0.4 is 10.1 Å². The predicted molar refractivity (Wildman–Crippen MR) is 127 cm³/mol. The monoisotopic (exact) mass is 443 g/mol. The zero-order valence-corrected chi connectivity index (χ0v) is 19.2. The molecule has 0 aliphatic heterocycles. The van der Waals surface area contributed by atoms with Crippen molar-refractivity contribution >= 4 is 23.2 Å². The van der Waals surface area contributed by atoms with Gasteiger partial charge in [0.1, 0.15) is 0 Å². The minimum Gasteiger partial charge on any atom is -0.504 e. The van der Waals surface area contributed by atoms with Crippen LogP contribution in [0, 0.1) is 5.92 Å². The van der Waals surface area contributed by atoms with Gasteiger partial charge < -0.3 is 19.9 Å². The fraction of sp³-hybridized carbons (Fsp3) is 0.440. The number of carbonyl (C=O) groups is 1. The van der Waals surface area contributed by atoms with Crippen LogP contribution in [-0.2, 0) is 22.5 Å². The summed E-state index contributed by atoms with van der Waals surface area (Å²) in [6.45, 7) is 3.00. The molecule has 0 heterocycles. The van der Waals surface area contributed by atoms with Crippen molar-refractivity contribution in [1.82, 2.24) is 5.32 Å². The van der Waals surface area contributed by atoms with Crippen LogP contribution in [0.4, 0.5) is 0 Å². The van der Waals surface area contributed by atoms with E-state index in [1.54, 1.807) is 12.1 Å². The standard InChI is InChI=1S/C25H33NO4S/c1-3-4-6-11-25(28)30-18-21(14-19-9-7-5-8-10-19)16-24(31)26-17-20-12-13-22(27)23(15-20)29-2/h5,7-10,12-13,15,21,27H,3-4,6,11,14,16-18H2,1-2H3,(H,26,31). The maximum atomic E-state index is 12.1. The molecule has 6 heteroatoms. The molecule has 0 aliphatic carbocycles. The number of hydrogen-bond donors (Lipinski definition) is 2. The van der Waals surface area contributed by atoms with Crippen molar-refractivity contribution in [2.45, 2.75) is 52.0 Å². The second-order valence-electron chi connectivity index (χ2n) is 7.68. The van der Waals surface area contributed by atoms with E-state index in [0.717, 1.165) is 36.2 Å². The number of nitrogens with one attached hydrogen (secondary N) is 1. The number of unbranched alkanes of at least 4 members (excludes halogenated alkanes) is 2. The van der Waals surface area contributed by atoms with E-state index in [1.165, 1.54) is 12.7 Å². The van der Waals surface area contributed by atoms with Crippen molar-refractivity contribution in [3.8, 4) is 11.5 Å². The molecule has 2 aromatic carbocycles. The number of thiocarbonyl (C=S) groups is 1. The number of phenols is 1. The van der Waals surface area contributed by atoms with E-state index in [-0.39, 0.29) is 17.6 Å². The van der Waals surface area contributed by atoms with Gasteiger partial charge in [-0.3, -0.25) is 4.79 Å². The number of benzene rings is 2. The number of rotatable bonds is 13. The lowest BCUT2D eigenvalue weighted by molar-refractivity contribution is -0.145. The summed E-state index contributed by atoms with van der Waals surface area (Å²) in [5.74, 6) is 0.508. The summed E-state index contributed by atoms with van der Waals surface area (Å²) in [5.41, 5.74) is 2.15. The molecule has 0 fully saturated rings. The number of ether oxygens (including phenoxy) is 2. The molecule has 0 saturated carbocycles. The van der Waals surface area contributed by atoms with Crippen molar-refractivity contribution in [2.75, 3.05) is 13.7 Å².